The van der Waals surface area contributed by atoms with Crippen LogP contribution < -0.4 is 16.3 Å². The molecule has 2 unspecified atom stereocenters. The molecule has 2 N–H and O–H groups in total. The summed E-state index contributed by atoms with van der Waals surface area (Å²) < 4.78 is 3.33. The van der Waals surface area contributed by atoms with Gasteiger partial charge < -0.3 is 15.5 Å². The zero-order valence-electron chi connectivity index (χ0n) is 18.2. The van der Waals surface area contributed by atoms with Crippen LogP contribution in [0.4, 0.5) is 4.79 Å². The van der Waals surface area contributed by atoms with E-state index in [4.69, 9.17) is 0 Å². The molecule has 8 nitrogen and oxygen atoms in total. The Bertz CT molecular complexity index is 703. The second-order valence-corrected chi connectivity index (χ2v) is 8.98. The molecule has 1 saturated heterocycles. The highest BCUT2D eigenvalue weighted by atomic mass is 16.2. The van der Waals surface area contributed by atoms with Crippen LogP contribution in [0.2, 0.25) is 0 Å². The SMILES string of the molecule is CC1CC(C)CN(CCCCNC(=O)NCCCn2nc3n(c2=O)CCCC3)C1. The molecule has 0 aliphatic carbocycles. The highest BCUT2D eigenvalue weighted by Crippen LogP contribution is 2.20. The summed E-state index contributed by atoms with van der Waals surface area (Å²) in [6.07, 6.45) is 7.21. The minimum atomic E-state index is -0.123. The van der Waals surface area contributed by atoms with Gasteiger partial charge in [-0.25, -0.2) is 14.3 Å². The van der Waals surface area contributed by atoms with Crippen molar-refractivity contribution in [2.45, 2.75) is 71.9 Å². The van der Waals surface area contributed by atoms with Gasteiger partial charge in [0.2, 0.25) is 0 Å². The molecule has 8 heteroatoms. The fourth-order valence-electron chi connectivity index (χ4n) is 4.72. The number of aromatic nitrogens is 3. The van der Waals surface area contributed by atoms with Crippen LogP contribution in [0.15, 0.2) is 4.79 Å². The maximum absolute atomic E-state index is 12.3. The van der Waals surface area contributed by atoms with Gasteiger partial charge in [0.1, 0.15) is 5.82 Å². The zero-order chi connectivity index (χ0) is 20.6. The van der Waals surface area contributed by atoms with Gasteiger partial charge in [-0.15, -0.1) is 0 Å². The largest absolute Gasteiger partial charge is 0.345 e. The van der Waals surface area contributed by atoms with Gasteiger partial charge >= 0.3 is 11.7 Å². The molecule has 29 heavy (non-hydrogen) atoms. The van der Waals surface area contributed by atoms with Crippen LogP contribution in [0.3, 0.4) is 0 Å². The van der Waals surface area contributed by atoms with E-state index in [-0.39, 0.29) is 11.7 Å². The van der Waals surface area contributed by atoms with E-state index in [2.05, 4.69) is 34.5 Å². The third-order valence-corrected chi connectivity index (χ3v) is 5.99. The molecule has 0 bridgehead atoms. The molecule has 0 radical (unpaired) electrons. The van der Waals surface area contributed by atoms with Crippen molar-refractivity contribution in [1.82, 2.24) is 29.9 Å². The monoisotopic (exact) mass is 406 g/mol. The van der Waals surface area contributed by atoms with E-state index in [1.807, 2.05) is 0 Å². The smallest absolute Gasteiger partial charge is 0.338 e. The summed E-state index contributed by atoms with van der Waals surface area (Å²) in [7, 11) is 0. The Balaban J connectivity index is 1.23. The van der Waals surface area contributed by atoms with Gasteiger partial charge in [-0.05, 0) is 56.9 Å². The van der Waals surface area contributed by atoms with Gasteiger partial charge in [-0.1, -0.05) is 13.8 Å². The molecular weight excluding hydrogens is 368 g/mol. The number of fused-ring (bicyclic) bond motifs is 1. The molecule has 3 rings (SSSR count). The zero-order valence-corrected chi connectivity index (χ0v) is 18.2. The first kappa shape index (κ1) is 21.9. The third-order valence-electron chi connectivity index (χ3n) is 5.99. The summed E-state index contributed by atoms with van der Waals surface area (Å²) in [5.41, 5.74) is -0.0124. The lowest BCUT2D eigenvalue weighted by Crippen LogP contribution is -2.40. The highest BCUT2D eigenvalue weighted by molar-refractivity contribution is 5.73. The van der Waals surface area contributed by atoms with Gasteiger partial charge in [0, 0.05) is 45.7 Å². The van der Waals surface area contributed by atoms with Crippen molar-refractivity contribution < 1.29 is 4.79 Å². The van der Waals surface area contributed by atoms with E-state index < -0.39 is 0 Å². The molecule has 164 valence electrons. The highest BCUT2D eigenvalue weighted by Gasteiger charge is 2.21. The number of hydrogen-bond donors (Lipinski definition) is 2. The number of nitrogens with zero attached hydrogens (tertiary/aromatic N) is 4. The first-order chi connectivity index (χ1) is 14.0. The van der Waals surface area contributed by atoms with Crippen molar-refractivity contribution in [1.29, 1.82) is 0 Å². The Morgan fingerprint density at radius 2 is 1.76 bits per heavy atom. The quantitative estimate of drug-likeness (QED) is 0.613. The maximum Gasteiger partial charge on any atom is 0.345 e. The van der Waals surface area contributed by atoms with E-state index in [1.54, 1.807) is 9.25 Å². The second-order valence-electron chi connectivity index (χ2n) is 8.98. The first-order valence-corrected chi connectivity index (χ1v) is 11.4. The van der Waals surface area contributed by atoms with Crippen molar-refractivity contribution in [2.75, 3.05) is 32.7 Å². The molecule has 1 aromatic rings. The molecule has 2 atom stereocenters. The fourth-order valence-corrected chi connectivity index (χ4v) is 4.72. The second kappa shape index (κ2) is 10.8. The van der Waals surface area contributed by atoms with Crippen LogP contribution >= 0.6 is 0 Å². The number of likely N-dealkylation sites (tertiary alicyclic amines) is 1. The van der Waals surface area contributed by atoms with Crippen molar-refractivity contribution in [3.8, 4) is 0 Å². The number of carbonyl (C=O) groups excluding carboxylic acids is 1. The summed E-state index contributed by atoms with van der Waals surface area (Å²) in [5.74, 6) is 2.50. The summed E-state index contributed by atoms with van der Waals surface area (Å²) in [6, 6.07) is -0.123. The number of nitrogens with one attached hydrogen (secondary N) is 2. The number of amides is 2. The molecule has 0 spiro atoms. The van der Waals surface area contributed by atoms with Gasteiger partial charge in [0.05, 0.1) is 0 Å². The van der Waals surface area contributed by atoms with Gasteiger partial charge in [0.15, 0.2) is 0 Å². The molecule has 2 aliphatic heterocycles. The number of rotatable bonds is 9. The number of urea groups is 1. The summed E-state index contributed by atoms with van der Waals surface area (Å²) in [5, 5.41) is 10.2. The Morgan fingerprint density at radius 3 is 2.48 bits per heavy atom. The molecule has 0 saturated carbocycles. The van der Waals surface area contributed by atoms with Crippen LogP contribution in [-0.2, 0) is 19.5 Å². The molecule has 2 amide bonds. The predicted octanol–water partition coefficient (Wildman–Crippen LogP) is 1.83. The Morgan fingerprint density at radius 1 is 1.03 bits per heavy atom. The topological polar surface area (TPSA) is 84.2 Å². The maximum atomic E-state index is 12.3. The van der Waals surface area contributed by atoms with Gasteiger partial charge in [0.25, 0.3) is 0 Å². The van der Waals surface area contributed by atoms with E-state index in [0.717, 1.165) is 62.9 Å². The van der Waals surface area contributed by atoms with Crippen LogP contribution in [0.25, 0.3) is 0 Å². The number of unbranched alkanes of at least 4 members (excludes halogenated alkanes) is 1. The van der Waals surface area contributed by atoms with E-state index >= 15 is 0 Å². The minimum absolute atomic E-state index is 0.0124. The van der Waals surface area contributed by atoms with Crippen LogP contribution in [0, 0.1) is 11.8 Å². The Labute approximate surface area is 174 Å². The van der Waals surface area contributed by atoms with Crippen LogP contribution in [0.5, 0.6) is 0 Å². The van der Waals surface area contributed by atoms with Gasteiger partial charge in [-0.2, -0.15) is 5.10 Å². The number of piperidine rings is 1. The molecule has 1 fully saturated rings. The molecule has 2 aliphatic rings. The van der Waals surface area contributed by atoms with Crippen LogP contribution in [0.1, 0.15) is 58.2 Å². The number of hydrogen-bond acceptors (Lipinski definition) is 4. The number of carbonyl (C=O) groups is 1. The fraction of sp³-hybridized carbons (Fsp3) is 0.857. The van der Waals surface area contributed by atoms with Crippen LogP contribution in [-0.4, -0.2) is 58.0 Å². The van der Waals surface area contributed by atoms with Crippen molar-refractivity contribution in [3.05, 3.63) is 16.3 Å². The van der Waals surface area contributed by atoms with Crippen molar-refractivity contribution in [3.63, 3.8) is 0 Å². The Hall–Kier alpha value is -1.83. The molecule has 0 aromatic carbocycles. The minimum Gasteiger partial charge on any atom is -0.338 e. The molecular formula is C21H38N6O2. The summed E-state index contributed by atoms with van der Waals surface area (Å²) in [6.45, 7) is 10.8. The van der Waals surface area contributed by atoms with Crippen molar-refractivity contribution in [2.24, 2.45) is 11.8 Å². The third kappa shape index (κ3) is 6.59. The van der Waals surface area contributed by atoms with Crippen molar-refractivity contribution >= 4 is 6.03 Å². The van der Waals surface area contributed by atoms with E-state index in [9.17, 15) is 9.59 Å². The first-order valence-electron chi connectivity index (χ1n) is 11.4. The average Bonchev–Trinajstić information content (AvgIpc) is 3.00. The lowest BCUT2D eigenvalue weighted by Gasteiger charge is -2.34. The van der Waals surface area contributed by atoms with E-state index in [0.29, 0.717) is 26.1 Å². The average molecular weight is 407 g/mol. The Kier molecular flexibility index (Phi) is 8.15. The standard InChI is InChI=1S/C21H38N6O2/c1-17-14-18(2)16-25(15-17)11-6-4-9-22-20(28)23-10-7-13-27-21(29)26-12-5-3-8-19(26)24-27/h17-18H,3-16H2,1-2H3,(H2,22,23,28). The normalized spacial score (nSPS) is 22.3. The number of aryl methyl sites for hydroxylation is 2. The summed E-state index contributed by atoms with van der Waals surface area (Å²) >= 11 is 0. The lowest BCUT2D eigenvalue weighted by atomic mass is 9.92. The lowest BCUT2D eigenvalue weighted by molar-refractivity contribution is 0.139. The summed E-state index contributed by atoms with van der Waals surface area (Å²) in [4.78, 5) is 26.7. The van der Waals surface area contributed by atoms with E-state index in [1.165, 1.54) is 19.5 Å². The van der Waals surface area contributed by atoms with Gasteiger partial charge in [-0.3, -0.25) is 4.57 Å². The molecule has 3 heterocycles. The molecule has 1 aromatic heterocycles. The predicted molar refractivity (Wildman–Crippen MR) is 114 cm³/mol.